The van der Waals surface area contributed by atoms with Gasteiger partial charge in [0.25, 0.3) is 0 Å². The van der Waals surface area contributed by atoms with Crippen LogP contribution in [0.1, 0.15) is 31.7 Å². The molecule has 1 aromatic heterocycles. The summed E-state index contributed by atoms with van der Waals surface area (Å²) in [5, 5.41) is 11.1. The monoisotopic (exact) mass is 429 g/mol. The van der Waals surface area contributed by atoms with E-state index in [1.807, 2.05) is 18.2 Å². The van der Waals surface area contributed by atoms with Gasteiger partial charge in [0.05, 0.1) is 11.0 Å². The average molecular weight is 429 g/mol. The van der Waals surface area contributed by atoms with E-state index in [2.05, 4.69) is 15.1 Å². The Morgan fingerprint density at radius 2 is 1.87 bits per heavy atom. The predicted octanol–water partition coefficient (Wildman–Crippen LogP) is 0.305. The van der Waals surface area contributed by atoms with E-state index in [0.29, 0.717) is 18.4 Å². The van der Waals surface area contributed by atoms with Gasteiger partial charge in [0.1, 0.15) is 6.04 Å². The van der Waals surface area contributed by atoms with Crippen molar-refractivity contribution in [3.63, 3.8) is 0 Å². The molecular formula is C21H27N5O5. The second-order valence-corrected chi connectivity index (χ2v) is 8.18. The molecule has 4 rings (SSSR count). The number of carbonyl (C=O) groups is 3. The molecule has 2 fully saturated rings. The first-order valence-corrected chi connectivity index (χ1v) is 10.6. The third-order valence-corrected chi connectivity index (χ3v) is 6.20. The van der Waals surface area contributed by atoms with E-state index in [-0.39, 0.29) is 24.4 Å². The number of amides is 2. The number of rotatable bonds is 6. The predicted molar refractivity (Wildman–Crippen MR) is 114 cm³/mol. The Hall–Kier alpha value is -3.14. The van der Waals surface area contributed by atoms with Crippen LogP contribution >= 0.6 is 0 Å². The second-order valence-electron chi connectivity index (χ2n) is 8.18. The molecule has 0 bridgehead atoms. The second kappa shape index (κ2) is 8.54. The van der Waals surface area contributed by atoms with Crippen molar-refractivity contribution in [2.45, 2.75) is 31.7 Å². The number of piperidine rings is 1. The molecular weight excluding hydrogens is 402 g/mol. The molecule has 2 aliphatic rings. The van der Waals surface area contributed by atoms with Gasteiger partial charge in [-0.15, -0.1) is 0 Å². The molecule has 1 atom stereocenters. The summed E-state index contributed by atoms with van der Waals surface area (Å²) in [6.07, 6.45) is 1.37. The number of hydrogen-bond acceptors (Lipinski definition) is 6. The van der Waals surface area contributed by atoms with Gasteiger partial charge < -0.3 is 10.0 Å². The number of anilines is 1. The Morgan fingerprint density at radius 1 is 1.13 bits per heavy atom. The minimum Gasteiger partial charge on any atom is -0.481 e. The van der Waals surface area contributed by atoms with Crippen LogP contribution in [0.25, 0.3) is 11.0 Å². The summed E-state index contributed by atoms with van der Waals surface area (Å²) in [4.78, 5) is 51.9. The average Bonchev–Trinajstić information content (AvgIpc) is 2.98. The van der Waals surface area contributed by atoms with Crippen LogP contribution in [0.4, 0.5) is 5.69 Å². The Balaban J connectivity index is 1.51. The first kappa shape index (κ1) is 21.1. The van der Waals surface area contributed by atoms with E-state index in [4.69, 9.17) is 5.11 Å². The molecule has 2 aromatic rings. The van der Waals surface area contributed by atoms with Crippen LogP contribution in [0.5, 0.6) is 0 Å². The number of hydrogen-bond donors (Lipinski definition) is 2. The van der Waals surface area contributed by atoms with E-state index in [9.17, 15) is 19.2 Å². The molecule has 2 amide bonds. The van der Waals surface area contributed by atoms with E-state index < -0.39 is 17.9 Å². The first-order valence-electron chi connectivity index (χ1n) is 10.6. The normalized spacial score (nSPS) is 20.3. The smallest absolute Gasteiger partial charge is 0.329 e. The summed E-state index contributed by atoms with van der Waals surface area (Å²) in [5.74, 6) is -1.50. The quantitative estimate of drug-likeness (QED) is 0.635. The van der Waals surface area contributed by atoms with Gasteiger partial charge in [-0.25, -0.2) is 4.79 Å². The molecule has 1 aromatic carbocycles. The fraction of sp³-hybridized carbons (Fsp3) is 0.524. The minimum absolute atomic E-state index is 0.190. The van der Waals surface area contributed by atoms with Crippen molar-refractivity contribution in [3.8, 4) is 0 Å². The standard InChI is InChI=1S/C21H27N5O5/c1-23-17-13-14(25-11-9-24(10-12-25)8-2-3-19(28)29)4-5-15(17)26(21(23)31)16-6-7-18(27)22-20(16)30/h4-5,13,16H,2-3,6-12H2,1H3,(H,28,29)(H,22,27,30). The van der Waals surface area contributed by atoms with E-state index in [1.165, 1.54) is 4.57 Å². The van der Waals surface area contributed by atoms with Gasteiger partial charge in [0.15, 0.2) is 0 Å². The first-order chi connectivity index (χ1) is 14.8. The largest absolute Gasteiger partial charge is 0.481 e. The van der Waals surface area contributed by atoms with Crippen molar-refractivity contribution in [1.29, 1.82) is 0 Å². The molecule has 166 valence electrons. The van der Waals surface area contributed by atoms with Crippen molar-refractivity contribution in [1.82, 2.24) is 19.4 Å². The highest BCUT2D eigenvalue weighted by Crippen LogP contribution is 2.27. The lowest BCUT2D eigenvalue weighted by atomic mass is 10.1. The lowest BCUT2D eigenvalue weighted by Gasteiger charge is -2.36. The molecule has 10 heteroatoms. The summed E-state index contributed by atoms with van der Waals surface area (Å²) in [6.45, 7) is 4.13. The third-order valence-electron chi connectivity index (χ3n) is 6.20. The van der Waals surface area contributed by atoms with Crippen LogP contribution < -0.4 is 15.9 Å². The molecule has 0 saturated carbocycles. The number of benzene rings is 1. The van der Waals surface area contributed by atoms with Crippen LogP contribution in [-0.2, 0) is 21.4 Å². The summed E-state index contributed by atoms with van der Waals surface area (Å²) < 4.78 is 3.03. The molecule has 0 radical (unpaired) electrons. The summed E-state index contributed by atoms with van der Waals surface area (Å²) in [6, 6.07) is 5.12. The molecule has 1 unspecified atom stereocenters. The maximum absolute atomic E-state index is 12.9. The fourth-order valence-electron chi connectivity index (χ4n) is 4.46. The molecule has 2 saturated heterocycles. The fourth-order valence-corrected chi connectivity index (χ4v) is 4.46. The van der Waals surface area contributed by atoms with Crippen LogP contribution in [0.2, 0.25) is 0 Å². The van der Waals surface area contributed by atoms with Gasteiger partial charge >= 0.3 is 11.7 Å². The molecule has 31 heavy (non-hydrogen) atoms. The highest BCUT2D eigenvalue weighted by molar-refractivity contribution is 6.00. The Morgan fingerprint density at radius 3 is 2.55 bits per heavy atom. The van der Waals surface area contributed by atoms with Crippen molar-refractivity contribution >= 4 is 34.5 Å². The number of carboxylic acids is 1. The number of piperazine rings is 1. The molecule has 0 aliphatic carbocycles. The Labute approximate surface area is 179 Å². The summed E-state index contributed by atoms with van der Waals surface area (Å²) >= 11 is 0. The van der Waals surface area contributed by atoms with Crippen molar-refractivity contribution in [3.05, 3.63) is 28.7 Å². The van der Waals surface area contributed by atoms with Crippen LogP contribution in [-0.4, -0.2) is 69.6 Å². The maximum Gasteiger partial charge on any atom is 0.329 e. The number of imidazole rings is 1. The highest BCUT2D eigenvalue weighted by Gasteiger charge is 2.31. The minimum atomic E-state index is -0.762. The SMILES string of the molecule is Cn1c(=O)n(C2CCC(=O)NC2=O)c2ccc(N3CCN(CCCC(=O)O)CC3)cc21. The van der Waals surface area contributed by atoms with E-state index in [0.717, 1.165) is 43.9 Å². The zero-order valence-electron chi connectivity index (χ0n) is 17.5. The van der Waals surface area contributed by atoms with Crippen LogP contribution in [0.3, 0.4) is 0 Å². The summed E-state index contributed by atoms with van der Waals surface area (Å²) in [5.41, 5.74) is 2.16. The number of carbonyl (C=O) groups excluding carboxylic acids is 2. The number of aryl methyl sites for hydroxylation is 1. The zero-order chi connectivity index (χ0) is 22.1. The van der Waals surface area contributed by atoms with Gasteiger partial charge in [-0.1, -0.05) is 0 Å². The molecule has 3 heterocycles. The summed E-state index contributed by atoms with van der Waals surface area (Å²) in [7, 11) is 1.69. The maximum atomic E-state index is 12.9. The highest BCUT2D eigenvalue weighted by atomic mass is 16.4. The van der Waals surface area contributed by atoms with Crippen molar-refractivity contribution < 1.29 is 19.5 Å². The van der Waals surface area contributed by atoms with Gasteiger partial charge in [0.2, 0.25) is 11.8 Å². The van der Waals surface area contributed by atoms with Gasteiger partial charge in [-0.05, 0) is 37.6 Å². The van der Waals surface area contributed by atoms with Gasteiger partial charge in [-0.3, -0.25) is 33.7 Å². The number of imide groups is 1. The zero-order valence-corrected chi connectivity index (χ0v) is 17.5. The van der Waals surface area contributed by atoms with Crippen molar-refractivity contribution in [2.24, 2.45) is 7.05 Å². The third kappa shape index (κ3) is 4.20. The number of aliphatic carboxylic acids is 1. The number of carboxylic acid groups (broad SMARTS) is 1. The van der Waals surface area contributed by atoms with E-state index in [1.54, 1.807) is 11.6 Å². The van der Waals surface area contributed by atoms with Crippen LogP contribution in [0.15, 0.2) is 23.0 Å². The molecule has 2 aliphatic heterocycles. The number of fused-ring (bicyclic) bond motifs is 1. The number of nitrogens with zero attached hydrogens (tertiary/aromatic N) is 4. The Kier molecular flexibility index (Phi) is 5.81. The Bertz CT molecular complexity index is 1080. The number of aromatic nitrogens is 2. The topological polar surface area (TPSA) is 117 Å². The van der Waals surface area contributed by atoms with Crippen LogP contribution in [0, 0.1) is 0 Å². The van der Waals surface area contributed by atoms with Gasteiger partial charge in [0, 0.05) is 51.8 Å². The number of nitrogens with one attached hydrogen (secondary N) is 1. The van der Waals surface area contributed by atoms with Crippen molar-refractivity contribution in [2.75, 3.05) is 37.6 Å². The molecule has 2 N–H and O–H groups in total. The molecule has 10 nitrogen and oxygen atoms in total. The lowest BCUT2D eigenvalue weighted by Crippen LogP contribution is -2.46. The molecule has 0 spiro atoms. The lowest BCUT2D eigenvalue weighted by molar-refractivity contribution is -0.137. The van der Waals surface area contributed by atoms with Gasteiger partial charge in [-0.2, -0.15) is 0 Å². The van der Waals surface area contributed by atoms with E-state index >= 15 is 0 Å².